The first kappa shape index (κ1) is 13.3. The Morgan fingerprint density at radius 2 is 1.95 bits per heavy atom. The van der Waals surface area contributed by atoms with Gasteiger partial charge in [0, 0.05) is 6.07 Å². The molecule has 0 bridgehead atoms. The first-order valence-corrected chi connectivity index (χ1v) is 5.71. The standard InChI is InChI=1S/C13H13NO5/c15-6-8(7-16)14-13(18)12-5-10(17)9-3-1-2-4-11(9)19-12/h1-5,8,15-16H,6-7H2,(H,14,18). The molecule has 0 aliphatic carbocycles. The second-order valence-corrected chi connectivity index (χ2v) is 4.01. The predicted molar refractivity (Wildman–Crippen MR) is 67.9 cm³/mol. The van der Waals surface area contributed by atoms with Crippen molar-refractivity contribution < 1.29 is 19.4 Å². The lowest BCUT2D eigenvalue weighted by molar-refractivity contribution is 0.0852. The van der Waals surface area contributed by atoms with Gasteiger partial charge in [0.1, 0.15) is 5.58 Å². The number of rotatable bonds is 4. The highest BCUT2D eigenvalue weighted by Gasteiger charge is 2.15. The van der Waals surface area contributed by atoms with E-state index in [2.05, 4.69) is 5.32 Å². The molecule has 1 amide bonds. The fourth-order valence-electron chi connectivity index (χ4n) is 1.62. The molecule has 3 N–H and O–H groups in total. The first-order valence-electron chi connectivity index (χ1n) is 5.71. The highest BCUT2D eigenvalue weighted by molar-refractivity contribution is 5.93. The number of fused-ring (bicyclic) bond motifs is 1. The van der Waals surface area contributed by atoms with Crippen LogP contribution < -0.4 is 10.7 Å². The van der Waals surface area contributed by atoms with Crippen LogP contribution in [0, 0.1) is 0 Å². The topological polar surface area (TPSA) is 99.8 Å². The van der Waals surface area contributed by atoms with Crippen LogP contribution >= 0.6 is 0 Å². The van der Waals surface area contributed by atoms with Gasteiger partial charge in [0.25, 0.3) is 5.91 Å². The minimum absolute atomic E-state index is 0.157. The molecule has 0 fully saturated rings. The molecule has 0 unspecified atom stereocenters. The van der Waals surface area contributed by atoms with Crippen LogP contribution in [-0.2, 0) is 0 Å². The van der Waals surface area contributed by atoms with Crippen molar-refractivity contribution in [2.45, 2.75) is 6.04 Å². The molecule has 1 heterocycles. The Labute approximate surface area is 108 Å². The first-order chi connectivity index (χ1) is 9.15. The van der Waals surface area contributed by atoms with E-state index >= 15 is 0 Å². The van der Waals surface area contributed by atoms with Gasteiger partial charge in [-0.2, -0.15) is 0 Å². The molecule has 1 aromatic carbocycles. The fraction of sp³-hybridized carbons (Fsp3) is 0.231. The molecule has 19 heavy (non-hydrogen) atoms. The van der Waals surface area contributed by atoms with Crippen LogP contribution in [0.15, 0.2) is 39.5 Å². The third kappa shape index (κ3) is 2.81. The molecule has 0 spiro atoms. The van der Waals surface area contributed by atoms with Crippen molar-refractivity contribution in [2.75, 3.05) is 13.2 Å². The minimum atomic E-state index is -0.788. The number of carbonyl (C=O) groups is 1. The zero-order valence-electron chi connectivity index (χ0n) is 10.00. The average molecular weight is 263 g/mol. The maximum atomic E-state index is 11.8. The lowest BCUT2D eigenvalue weighted by atomic mass is 10.2. The van der Waals surface area contributed by atoms with Crippen molar-refractivity contribution in [3.63, 3.8) is 0 Å². The Morgan fingerprint density at radius 1 is 1.26 bits per heavy atom. The van der Waals surface area contributed by atoms with Gasteiger partial charge in [-0.25, -0.2) is 0 Å². The van der Waals surface area contributed by atoms with E-state index in [1.165, 1.54) is 0 Å². The molecule has 0 atom stereocenters. The molecule has 0 radical (unpaired) electrons. The molecule has 2 rings (SSSR count). The molecule has 100 valence electrons. The van der Waals surface area contributed by atoms with Gasteiger partial charge >= 0.3 is 0 Å². The van der Waals surface area contributed by atoms with Crippen molar-refractivity contribution in [3.05, 3.63) is 46.3 Å². The van der Waals surface area contributed by atoms with E-state index in [-0.39, 0.29) is 11.2 Å². The maximum absolute atomic E-state index is 11.8. The zero-order chi connectivity index (χ0) is 13.8. The van der Waals surface area contributed by atoms with Gasteiger partial charge in [-0.15, -0.1) is 0 Å². The fourth-order valence-corrected chi connectivity index (χ4v) is 1.62. The summed E-state index contributed by atoms with van der Waals surface area (Å²) in [5, 5.41) is 20.5. The van der Waals surface area contributed by atoms with Crippen molar-refractivity contribution in [1.82, 2.24) is 5.32 Å². The van der Waals surface area contributed by atoms with Crippen LogP contribution in [-0.4, -0.2) is 35.4 Å². The number of hydrogen-bond donors (Lipinski definition) is 3. The number of hydrogen-bond acceptors (Lipinski definition) is 5. The smallest absolute Gasteiger partial charge is 0.287 e. The average Bonchev–Trinajstić information content (AvgIpc) is 2.44. The van der Waals surface area contributed by atoms with Gasteiger partial charge in [0.15, 0.2) is 11.2 Å². The number of nitrogens with one attached hydrogen (secondary N) is 1. The molecule has 0 aliphatic rings. The van der Waals surface area contributed by atoms with E-state index in [1.807, 2.05) is 0 Å². The Kier molecular flexibility index (Phi) is 3.94. The molecule has 1 aromatic heterocycles. The largest absolute Gasteiger partial charge is 0.451 e. The van der Waals surface area contributed by atoms with Gasteiger partial charge in [0.05, 0.1) is 24.6 Å². The zero-order valence-corrected chi connectivity index (χ0v) is 10.00. The van der Waals surface area contributed by atoms with Crippen LogP contribution in [0.4, 0.5) is 0 Å². The van der Waals surface area contributed by atoms with Gasteiger partial charge in [-0.3, -0.25) is 9.59 Å². The Hall–Kier alpha value is -2.18. The second kappa shape index (κ2) is 5.64. The number of para-hydroxylation sites is 1. The highest BCUT2D eigenvalue weighted by Crippen LogP contribution is 2.11. The number of aliphatic hydroxyl groups is 2. The van der Waals surface area contributed by atoms with E-state index in [4.69, 9.17) is 14.6 Å². The molecular weight excluding hydrogens is 250 g/mol. The van der Waals surface area contributed by atoms with Crippen LogP contribution in [0.3, 0.4) is 0 Å². The molecular formula is C13H13NO5. The maximum Gasteiger partial charge on any atom is 0.287 e. The number of benzene rings is 1. The summed E-state index contributed by atoms with van der Waals surface area (Å²) in [6.07, 6.45) is 0. The van der Waals surface area contributed by atoms with Crippen LogP contribution in [0.25, 0.3) is 11.0 Å². The van der Waals surface area contributed by atoms with Crippen molar-refractivity contribution >= 4 is 16.9 Å². The van der Waals surface area contributed by atoms with Crippen molar-refractivity contribution in [3.8, 4) is 0 Å². The Balaban J connectivity index is 2.35. The summed E-state index contributed by atoms with van der Waals surface area (Å²) in [7, 11) is 0. The highest BCUT2D eigenvalue weighted by atomic mass is 16.3. The molecule has 2 aromatic rings. The van der Waals surface area contributed by atoms with Crippen LogP contribution in [0.2, 0.25) is 0 Å². The van der Waals surface area contributed by atoms with Crippen molar-refractivity contribution in [1.29, 1.82) is 0 Å². The summed E-state index contributed by atoms with van der Waals surface area (Å²) >= 11 is 0. The Bertz CT molecular complexity index is 645. The quantitative estimate of drug-likeness (QED) is 0.714. The van der Waals surface area contributed by atoms with E-state index < -0.39 is 25.2 Å². The molecule has 0 saturated carbocycles. The van der Waals surface area contributed by atoms with E-state index in [1.54, 1.807) is 24.3 Å². The Morgan fingerprint density at radius 3 is 2.63 bits per heavy atom. The van der Waals surface area contributed by atoms with Gasteiger partial charge in [-0.1, -0.05) is 12.1 Å². The normalized spacial score (nSPS) is 10.9. The van der Waals surface area contributed by atoms with E-state index in [0.29, 0.717) is 11.0 Å². The van der Waals surface area contributed by atoms with Gasteiger partial charge in [0.2, 0.25) is 0 Å². The molecule has 0 saturated heterocycles. The lowest BCUT2D eigenvalue weighted by Crippen LogP contribution is -2.40. The number of carbonyl (C=O) groups excluding carboxylic acids is 1. The van der Waals surface area contributed by atoms with Gasteiger partial charge in [-0.05, 0) is 12.1 Å². The minimum Gasteiger partial charge on any atom is -0.451 e. The third-order valence-electron chi connectivity index (χ3n) is 2.63. The summed E-state index contributed by atoms with van der Waals surface area (Å²) in [5.41, 5.74) is -0.0127. The summed E-state index contributed by atoms with van der Waals surface area (Å²) in [6, 6.07) is 6.88. The third-order valence-corrected chi connectivity index (χ3v) is 2.63. The summed E-state index contributed by atoms with van der Waals surface area (Å²) in [4.78, 5) is 23.6. The summed E-state index contributed by atoms with van der Waals surface area (Å²) < 4.78 is 5.32. The number of aliphatic hydroxyl groups excluding tert-OH is 2. The van der Waals surface area contributed by atoms with Crippen molar-refractivity contribution in [2.24, 2.45) is 0 Å². The summed E-state index contributed by atoms with van der Waals surface area (Å²) in [5.74, 6) is -0.813. The second-order valence-electron chi connectivity index (χ2n) is 4.01. The number of amides is 1. The summed E-state index contributed by atoms with van der Waals surface area (Å²) in [6.45, 7) is -0.805. The monoisotopic (exact) mass is 263 g/mol. The van der Waals surface area contributed by atoms with Crippen LogP contribution in [0.1, 0.15) is 10.6 Å². The van der Waals surface area contributed by atoms with Crippen LogP contribution in [0.5, 0.6) is 0 Å². The van der Waals surface area contributed by atoms with E-state index in [9.17, 15) is 9.59 Å². The SMILES string of the molecule is O=C(NC(CO)CO)c1cc(=O)c2ccccc2o1. The van der Waals surface area contributed by atoms with Gasteiger partial charge < -0.3 is 19.9 Å². The molecule has 6 heteroatoms. The lowest BCUT2D eigenvalue weighted by Gasteiger charge is -2.12. The molecule has 6 nitrogen and oxygen atoms in total. The van der Waals surface area contributed by atoms with E-state index in [0.717, 1.165) is 6.07 Å². The predicted octanol–water partition coefficient (Wildman–Crippen LogP) is -0.124. The molecule has 0 aliphatic heterocycles.